The number of carboxylic acid groups (broad SMARTS) is 1. The van der Waals surface area contributed by atoms with Crippen molar-refractivity contribution < 1.29 is 16.1 Å². The van der Waals surface area contributed by atoms with Gasteiger partial charge in [0.15, 0.2) is 6.04 Å². The molecule has 1 unspecified atom stereocenters. The molecule has 14 heavy (non-hydrogen) atoms. The van der Waals surface area contributed by atoms with Crippen LogP contribution in [0.2, 0.25) is 0 Å². The Bertz CT molecular complexity index is 353. The summed E-state index contributed by atoms with van der Waals surface area (Å²) in [6.45, 7) is -0.476. The van der Waals surface area contributed by atoms with Crippen molar-refractivity contribution in [1.29, 1.82) is 0 Å². The van der Waals surface area contributed by atoms with Gasteiger partial charge in [-0.1, -0.05) is 30.3 Å². The van der Waals surface area contributed by atoms with Crippen LogP contribution in [0.25, 0.3) is 0 Å². The van der Waals surface area contributed by atoms with Gasteiger partial charge in [0.25, 0.3) is 0 Å². The lowest BCUT2D eigenvalue weighted by Crippen LogP contribution is -2.31. The molecule has 1 amide bonds. The smallest absolute Gasteiger partial charge is 0.330 e. The largest absolute Gasteiger partial charge is 0.479 e. The van der Waals surface area contributed by atoms with E-state index in [-0.39, 0.29) is 0 Å². The molecule has 1 atom stereocenters. The second-order valence-corrected chi connectivity index (χ2v) is 2.75. The van der Waals surface area contributed by atoms with Crippen LogP contribution in [0.5, 0.6) is 0 Å². The van der Waals surface area contributed by atoms with Crippen molar-refractivity contribution in [1.82, 2.24) is 5.32 Å². The van der Waals surface area contributed by atoms with Crippen LogP contribution in [0.3, 0.4) is 0 Å². The molecule has 1 rings (SSSR count). The van der Waals surface area contributed by atoms with E-state index in [0.29, 0.717) is 5.56 Å². The van der Waals surface area contributed by atoms with E-state index in [9.17, 15) is 9.59 Å². The van der Waals surface area contributed by atoms with Gasteiger partial charge in [-0.2, -0.15) is 0 Å². The van der Waals surface area contributed by atoms with Crippen molar-refractivity contribution >= 4 is 11.9 Å². The third kappa shape index (κ3) is 2.58. The first-order valence-corrected chi connectivity index (χ1v) is 4.01. The fraction of sp³-hybridized carbons (Fsp3) is 0.200. The zero-order valence-electron chi connectivity index (χ0n) is 8.43. The highest BCUT2D eigenvalue weighted by molar-refractivity contribution is 5.83. The van der Waals surface area contributed by atoms with Crippen LogP contribution in [0, 0.1) is 0 Å². The van der Waals surface area contributed by atoms with Gasteiger partial charge in [0.05, 0.1) is 0 Å². The van der Waals surface area contributed by atoms with Crippen LogP contribution in [0.15, 0.2) is 30.3 Å². The fourth-order valence-corrected chi connectivity index (χ4v) is 1.09. The number of hydrogen-bond acceptors (Lipinski definition) is 2. The van der Waals surface area contributed by atoms with E-state index in [1.54, 1.807) is 30.3 Å². The topological polar surface area (TPSA) is 66.4 Å². The summed E-state index contributed by atoms with van der Waals surface area (Å²) in [5.41, 5.74) is 0.492. The summed E-state index contributed by atoms with van der Waals surface area (Å²) in [5, 5.41) is 11.2. The van der Waals surface area contributed by atoms with Gasteiger partial charge >= 0.3 is 5.97 Å². The maximum absolute atomic E-state index is 10.9. The van der Waals surface area contributed by atoms with Gasteiger partial charge in [0.1, 0.15) is 0 Å². The molecule has 0 bridgehead atoms. The molecule has 0 aliphatic heterocycles. The predicted molar refractivity (Wildman–Crippen MR) is 50.6 cm³/mol. The van der Waals surface area contributed by atoms with Crippen molar-refractivity contribution in [2.45, 2.75) is 12.9 Å². The summed E-state index contributed by atoms with van der Waals surface area (Å²) in [5.74, 6) is -1.74. The van der Waals surface area contributed by atoms with Crippen LogP contribution in [-0.4, -0.2) is 17.0 Å². The Balaban J connectivity index is 2.84. The monoisotopic (exact) mass is 194 g/mol. The Morgan fingerprint density at radius 1 is 1.43 bits per heavy atom. The third-order valence-electron chi connectivity index (χ3n) is 1.69. The van der Waals surface area contributed by atoms with Gasteiger partial charge in [-0.25, -0.2) is 4.79 Å². The molecular weight excluding hydrogens is 182 g/mol. The Labute approximate surface area is 83.0 Å². The number of aliphatic carboxylic acids is 1. The van der Waals surface area contributed by atoms with E-state index in [1.165, 1.54) is 0 Å². The lowest BCUT2D eigenvalue weighted by Gasteiger charge is -2.12. The highest BCUT2D eigenvalue weighted by Gasteiger charge is 2.19. The Hall–Kier alpha value is -1.84. The molecule has 0 spiro atoms. The highest BCUT2D eigenvalue weighted by Crippen LogP contribution is 2.12. The van der Waals surface area contributed by atoms with Crippen molar-refractivity contribution in [3.63, 3.8) is 0 Å². The molecule has 4 nitrogen and oxygen atoms in total. The average Bonchev–Trinajstić information content (AvgIpc) is 2.26. The second-order valence-electron chi connectivity index (χ2n) is 2.75. The van der Waals surface area contributed by atoms with Crippen LogP contribution in [-0.2, 0) is 9.59 Å². The maximum atomic E-state index is 10.9. The van der Waals surface area contributed by atoms with E-state index in [1.807, 2.05) is 0 Å². The van der Waals surface area contributed by atoms with Gasteiger partial charge < -0.3 is 10.4 Å². The summed E-state index contributed by atoms with van der Waals surface area (Å²) in [6.07, 6.45) is 0. The molecule has 2 N–H and O–H groups in total. The number of benzene rings is 1. The summed E-state index contributed by atoms with van der Waals surface area (Å²) in [4.78, 5) is 21.8. The summed E-state index contributed by atoms with van der Waals surface area (Å²) in [7, 11) is 0. The van der Waals surface area contributed by atoms with Crippen molar-refractivity contribution in [2.75, 3.05) is 0 Å². The number of carbonyl (C=O) groups excluding carboxylic acids is 1. The van der Waals surface area contributed by atoms with E-state index in [2.05, 4.69) is 5.32 Å². The number of carbonyl (C=O) groups is 2. The van der Waals surface area contributed by atoms with E-state index in [4.69, 9.17) is 6.48 Å². The van der Waals surface area contributed by atoms with Gasteiger partial charge in [-0.3, -0.25) is 4.79 Å². The maximum Gasteiger partial charge on any atom is 0.330 e. The summed E-state index contributed by atoms with van der Waals surface area (Å²) >= 11 is 0. The lowest BCUT2D eigenvalue weighted by molar-refractivity contribution is -0.141. The predicted octanol–water partition coefficient (Wildman–Crippen LogP) is 0.948. The second kappa shape index (κ2) is 4.41. The minimum Gasteiger partial charge on any atom is -0.479 e. The van der Waals surface area contributed by atoms with Crippen LogP contribution < -0.4 is 5.32 Å². The molecule has 0 radical (unpaired) electrons. The highest BCUT2D eigenvalue weighted by atomic mass is 16.4. The third-order valence-corrected chi connectivity index (χ3v) is 1.69. The van der Waals surface area contributed by atoms with Crippen molar-refractivity contribution in [2.24, 2.45) is 0 Å². The standard InChI is InChI=1S/C10H11NO3/c1-7(12)11-9(10(13)14)8-5-3-2-4-6-8/h2-6,9H,1H3,(H,11,12)(H,13,14)/i1D. The first-order valence-electron chi connectivity index (χ1n) is 4.72. The first-order chi connectivity index (χ1) is 7.15. The number of amides is 1. The minimum absolute atomic E-state index is 0.476. The molecule has 0 fully saturated rings. The van der Waals surface area contributed by atoms with Crippen LogP contribution in [0.1, 0.15) is 19.9 Å². The first kappa shape index (κ1) is 8.74. The normalized spacial score (nSPS) is 12.7. The molecule has 4 heteroatoms. The molecule has 1 aromatic carbocycles. The number of rotatable bonds is 3. The number of hydrogen-bond donors (Lipinski definition) is 2. The van der Waals surface area contributed by atoms with Crippen LogP contribution >= 0.6 is 0 Å². The van der Waals surface area contributed by atoms with E-state index in [0.717, 1.165) is 0 Å². The lowest BCUT2D eigenvalue weighted by atomic mass is 10.1. The quantitative estimate of drug-likeness (QED) is 0.752. The summed E-state index contributed by atoms with van der Waals surface area (Å²) < 4.78 is 6.80. The zero-order chi connectivity index (χ0) is 11.3. The Morgan fingerprint density at radius 3 is 2.57 bits per heavy atom. The number of nitrogens with one attached hydrogen (secondary N) is 1. The van der Waals surface area contributed by atoms with E-state index < -0.39 is 24.8 Å². The molecule has 0 saturated carbocycles. The molecular formula is C10H11NO3. The zero-order valence-corrected chi connectivity index (χ0v) is 7.43. The van der Waals surface area contributed by atoms with Gasteiger partial charge in [0.2, 0.25) is 5.91 Å². The van der Waals surface area contributed by atoms with Gasteiger partial charge in [-0.15, -0.1) is 0 Å². The molecule has 74 valence electrons. The van der Waals surface area contributed by atoms with Crippen molar-refractivity contribution in [3.05, 3.63) is 35.9 Å². The van der Waals surface area contributed by atoms with Gasteiger partial charge in [-0.05, 0) is 5.56 Å². The minimum atomic E-state index is -1.14. The Kier molecular flexibility index (Phi) is 2.76. The molecule has 0 heterocycles. The molecule has 0 aliphatic carbocycles. The molecule has 0 aromatic heterocycles. The fourth-order valence-electron chi connectivity index (χ4n) is 1.09. The Morgan fingerprint density at radius 2 is 2.07 bits per heavy atom. The molecule has 1 aromatic rings. The summed E-state index contributed by atoms with van der Waals surface area (Å²) in [6, 6.07) is 7.29. The molecule has 0 aliphatic rings. The van der Waals surface area contributed by atoms with E-state index >= 15 is 0 Å². The van der Waals surface area contributed by atoms with Crippen LogP contribution in [0.4, 0.5) is 0 Å². The number of carboxylic acids is 1. The van der Waals surface area contributed by atoms with Gasteiger partial charge in [0, 0.05) is 8.27 Å². The average molecular weight is 194 g/mol. The molecule has 0 saturated heterocycles. The van der Waals surface area contributed by atoms with Crippen molar-refractivity contribution in [3.8, 4) is 0 Å². The SMILES string of the molecule is [2H]CC(=O)NC(C(=O)O)c1ccccc1.